The number of benzene rings is 1. The molecular weight excluding hydrogens is 384 g/mol. The Kier molecular flexibility index (Phi) is 6.22. The van der Waals surface area contributed by atoms with Crippen molar-refractivity contribution in [3.63, 3.8) is 0 Å². The highest BCUT2D eigenvalue weighted by Crippen LogP contribution is 2.36. The third kappa shape index (κ3) is 4.43. The summed E-state index contributed by atoms with van der Waals surface area (Å²) in [6.07, 6.45) is 6.76. The van der Waals surface area contributed by atoms with Gasteiger partial charge in [0.15, 0.2) is 0 Å². The maximum Gasteiger partial charge on any atom is 0.251 e. The summed E-state index contributed by atoms with van der Waals surface area (Å²) in [5, 5.41) is 15.4. The number of hydrogen-bond donors (Lipinski definition) is 3. The van der Waals surface area contributed by atoms with E-state index in [0.717, 1.165) is 24.1 Å². The van der Waals surface area contributed by atoms with Gasteiger partial charge in [0.1, 0.15) is 11.8 Å². The highest BCUT2D eigenvalue weighted by Gasteiger charge is 2.39. The van der Waals surface area contributed by atoms with E-state index in [1.807, 2.05) is 25.1 Å². The number of nitrogens with one attached hydrogen (secondary N) is 2. The van der Waals surface area contributed by atoms with Crippen LogP contribution in [0.1, 0.15) is 57.4 Å². The van der Waals surface area contributed by atoms with E-state index in [1.54, 1.807) is 4.90 Å². The van der Waals surface area contributed by atoms with E-state index in [2.05, 4.69) is 15.6 Å². The summed E-state index contributed by atoms with van der Waals surface area (Å²) in [7, 11) is 0. The van der Waals surface area contributed by atoms with Crippen molar-refractivity contribution in [2.75, 3.05) is 6.61 Å². The molecule has 2 aliphatic heterocycles. The van der Waals surface area contributed by atoms with Gasteiger partial charge in [-0.25, -0.2) is 4.99 Å². The molecule has 1 aromatic rings. The summed E-state index contributed by atoms with van der Waals surface area (Å²) >= 11 is 0. The average molecular weight is 415 g/mol. The van der Waals surface area contributed by atoms with Crippen molar-refractivity contribution in [1.29, 1.82) is 0 Å². The van der Waals surface area contributed by atoms with Crippen LogP contribution in [0.5, 0.6) is 5.75 Å². The molecule has 3 aliphatic rings. The van der Waals surface area contributed by atoms with Gasteiger partial charge in [0, 0.05) is 18.0 Å². The largest absolute Gasteiger partial charge is 0.490 e. The summed E-state index contributed by atoms with van der Waals surface area (Å²) in [4.78, 5) is 30.6. The van der Waals surface area contributed by atoms with E-state index in [4.69, 9.17) is 4.74 Å². The van der Waals surface area contributed by atoms with Crippen LogP contribution in [0, 0.1) is 0 Å². The van der Waals surface area contributed by atoms with Gasteiger partial charge in [0.05, 0.1) is 24.9 Å². The number of carbonyl (C=O) groups is 2. The van der Waals surface area contributed by atoms with Crippen LogP contribution in [0.15, 0.2) is 23.2 Å². The third-order valence-corrected chi connectivity index (χ3v) is 6.10. The maximum absolute atomic E-state index is 12.3. The number of aliphatic hydroxyl groups is 1. The smallest absolute Gasteiger partial charge is 0.251 e. The Morgan fingerprint density at radius 1 is 1.37 bits per heavy atom. The number of guanidine groups is 1. The number of ether oxygens (including phenoxy) is 1. The lowest BCUT2D eigenvalue weighted by atomic mass is 9.95. The molecule has 1 saturated carbocycles. The molecule has 8 heteroatoms. The van der Waals surface area contributed by atoms with Gasteiger partial charge in [-0.3, -0.25) is 14.9 Å². The van der Waals surface area contributed by atoms with Crippen LogP contribution in [-0.4, -0.2) is 52.6 Å². The molecule has 162 valence electrons. The number of hydrogen-bond acceptors (Lipinski definition) is 6. The average Bonchev–Trinajstić information content (AvgIpc) is 3.05. The summed E-state index contributed by atoms with van der Waals surface area (Å²) in [5.74, 6) is 1.01. The van der Waals surface area contributed by atoms with Crippen LogP contribution < -0.4 is 15.4 Å². The lowest BCUT2D eigenvalue weighted by Gasteiger charge is -2.29. The van der Waals surface area contributed by atoms with Gasteiger partial charge in [-0.15, -0.1) is 0 Å². The first-order valence-corrected chi connectivity index (χ1v) is 10.9. The van der Waals surface area contributed by atoms with E-state index in [-0.39, 0.29) is 24.5 Å². The minimum absolute atomic E-state index is 0.0918. The lowest BCUT2D eigenvalue weighted by molar-refractivity contribution is -0.123. The Hall–Kier alpha value is -2.61. The van der Waals surface area contributed by atoms with Crippen LogP contribution in [-0.2, 0) is 16.1 Å². The summed E-state index contributed by atoms with van der Waals surface area (Å²) < 4.78 is 6.15. The number of rotatable bonds is 7. The molecule has 30 heavy (non-hydrogen) atoms. The normalized spacial score (nSPS) is 21.9. The third-order valence-electron chi connectivity index (χ3n) is 6.10. The molecule has 2 heterocycles. The molecular formula is C22H30N4O4. The zero-order valence-electron chi connectivity index (χ0n) is 17.4. The molecule has 2 unspecified atom stereocenters. The summed E-state index contributed by atoms with van der Waals surface area (Å²) in [5.41, 5.74) is 1.63. The standard InChI is InChI=1S/C22H30N4O4/c1-14(10-11-20(28)23-15-6-3-2-4-7-15)30-19-9-5-8-17-16(19)12-26-18(13-27)21(29)25-22(26)24-17/h5,8-9,14-15,18,27H,2-4,6-7,10-13H2,1H3,(H,23,28)(H,24,25,29). The topological polar surface area (TPSA) is 103 Å². The second-order valence-corrected chi connectivity index (χ2v) is 8.37. The van der Waals surface area contributed by atoms with Crippen molar-refractivity contribution in [2.45, 2.75) is 76.6 Å². The van der Waals surface area contributed by atoms with Gasteiger partial charge >= 0.3 is 0 Å². The quantitative estimate of drug-likeness (QED) is 0.633. The fourth-order valence-corrected chi connectivity index (χ4v) is 4.38. The van der Waals surface area contributed by atoms with E-state index in [9.17, 15) is 14.7 Å². The van der Waals surface area contributed by atoms with Gasteiger partial charge in [-0.05, 0) is 38.3 Å². The predicted molar refractivity (Wildman–Crippen MR) is 112 cm³/mol. The van der Waals surface area contributed by atoms with Crippen LogP contribution in [0.25, 0.3) is 0 Å². The molecule has 0 spiro atoms. The van der Waals surface area contributed by atoms with Gasteiger partial charge in [0.2, 0.25) is 11.9 Å². The number of fused-ring (bicyclic) bond motifs is 2. The first-order chi connectivity index (χ1) is 14.5. The highest BCUT2D eigenvalue weighted by atomic mass is 16.5. The molecule has 0 bridgehead atoms. The minimum atomic E-state index is -0.633. The molecule has 8 nitrogen and oxygen atoms in total. The molecule has 2 amide bonds. The Labute approximate surface area is 176 Å². The Balaban J connectivity index is 1.35. The van der Waals surface area contributed by atoms with Crippen molar-refractivity contribution in [2.24, 2.45) is 4.99 Å². The van der Waals surface area contributed by atoms with Crippen LogP contribution >= 0.6 is 0 Å². The predicted octanol–water partition coefficient (Wildman–Crippen LogP) is 1.98. The van der Waals surface area contributed by atoms with Crippen molar-refractivity contribution in [3.05, 3.63) is 23.8 Å². The second kappa shape index (κ2) is 9.04. The van der Waals surface area contributed by atoms with Crippen molar-refractivity contribution in [3.8, 4) is 5.75 Å². The van der Waals surface area contributed by atoms with Crippen molar-refractivity contribution >= 4 is 23.5 Å². The Morgan fingerprint density at radius 3 is 2.93 bits per heavy atom. The molecule has 4 rings (SSSR count). The van der Waals surface area contributed by atoms with Gasteiger partial charge in [0.25, 0.3) is 5.91 Å². The first-order valence-electron chi connectivity index (χ1n) is 10.9. The number of aliphatic imine (C=N–C) groups is 1. The first kappa shape index (κ1) is 20.7. The van der Waals surface area contributed by atoms with Crippen molar-refractivity contribution in [1.82, 2.24) is 15.5 Å². The highest BCUT2D eigenvalue weighted by molar-refractivity contribution is 6.07. The molecule has 2 fully saturated rings. The Morgan fingerprint density at radius 2 is 2.17 bits per heavy atom. The van der Waals surface area contributed by atoms with E-state index >= 15 is 0 Å². The van der Waals surface area contributed by atoms with Crippen LogP contribution in [0.4, 0.5) is 5.69 Å². The van der Waals surface area contributed by atoms with E-state index < -0.39 is 6.04 Å². The van der Waals surface area contributed by atoms with Crippen LogP contribution in [0.3, 0.4) is 0 Å². The molecule has 1 aromatic carbocycles. The molecule has 0 radical (unpaired) electrons. The molecule has 1 saturated heterocycles. The molecule has 0 aromatic heterocycles. The Bertz CT molecular complexity index is 834. The van der Waals surface area contributed by atoms with Crippen molar-refractivity contribution < 1.29 is 19.4 Å². The minimum Gasteiger partial charge on any atom is -0.490 e. The molecule has 2 atom stereocenters. The fraction of sp³-hybridized carbons (Fsp3) is 0.591. The molecule has 1 aliphatic carbocycles. The van der Waals surface area contributed by atoms with Gasteiger partial charge in [-0.2, -0.15) is 0 Å². The fourth-order valence-electron chi connectivity index (χ4n) is 4.38. The number of amides is 2. The second-order valence-electron chi connectivity index (χ2n) is 8.37. The van der Waals surface area contributed by atoms with Gasteiger partial charge in [-0.1, -0.05) is 25.3 Å². The monoisotopic (exact) mass is 414 g/mol. The maximum atomic E-state index is 12.3. The SMILES string of the molecule is CC(CCC(=O)NC1CCCCC1)Oc1cccc2c1CN1C(=N2)NC(=O)C1CO. The summed E-state index contributed by atoms with van der Waals surface area (Å²) in [6, 6.07) is 5.33. The van der Waals surface area contributed by atoms with Crippen LogP contribution in [0.2, 0.25) is 0 Å². The van der Waals surface area contributed by atoms with E-state index in [0.29, 0.717) is 37.1 Å². The molecule has 3 N–H and O–H groups in total. The zero-order chi connectivity index (χ0) is 21.1. The number of carbonyl (C=O) groups excluding carboxylic acids is 2. The van der Waals surface area contributed by atoms with Gasteiger partial charge < -0.3 is 20.1 Å². The number of nitrogens with zero attached hydrogens (tertiary/aromatic N) is 2. The van der Waals surface area contributed by atoms with E-state index in [1.165, 1.54) is 19.3 Å². The number of aliphatic hydroxyl groups excluding tert-OH is 1. The lowest BCUT2D eigenvalue weighted by Crippen LogP contribution is -2.39. The summed E-state index contributed by atoms with van der Waals surface area (Å²) in [6.45, 7) is 2.13. The zero-order valence-corrected chi connectivity index (χ0v) is 17.4.